The number of anilines is 1. The van der Waals surface area contributed by atoms with Crippen LogP contribution in [0.5, 0.6) is 0 Å². The Morgan fingerprint density at radius 3 is 2.68 bits per heavy atom. The van der Waals surface area contributed by atoms with Gasteiger partial charge in [0.25, 0.3) is 0 Å². The van der Waals surface area contributed by atoms with E-state index < -0.39 is 5.97 Å². The van der Waals surface area contributed by atoms with Crippen molar-refractivity contribution in [2.45, 2.75) is 6.54 Å². The Morgan fingerprint density at radius 1 is 1.47 bits per heavy atom. The van der Waals surface area contributed by atoms with Gasteiger partial charge in [-0.3, -0.25) is 0 Å². The van der Waals surface area contributed by atoms with Gasteiger partial charge in [0.15, 0.2) is 0 Å². The summed E-state index contributed by atoms with van der Waals surface area (Å²) in [6, 6.07) is 9.26. The number of rotatable bonds is 4. The van der Waals surface area contributed by atoms with Gasteiger partial charge in [-0.15, -0.1) is 11.3 Å². The standard InChI is InChI=1S/C13H11N3O2S/c1-16(11-4-2-9(6-14)3-5-11)7-10-8-19-12(15-10)13(17)18/h2-5,8H,7H2,1H3,(H,17,18). The Morgan fingerprint density at radius 2 is 2.16 bits per heavy atom. The van der Waals surface area contributed by atoms with E-state index in [1.807, 2.05) is 24.1 Å². The van der Waals surface area contributed by atoms with Gasteiger partial charge < -0.3 is 10.0 Å². The second kappa shape index (κ2) is 5.50. The first kappa shape index (κ1) is 13.1. The fraction of sp³-hybridized carbons (Fsp3) is 0.154. The maximum atomic E-state index is 10.7. The molecule has 0 fully saturated rings. The second-order valence-electron chi connectivity index (χ2n) is 3.96. The zero-order valence-electron chi connectivity index (χ0n) is 10.2. The molecule has 0 saturated heterocycles. The summed E-state index contributed by atoms with van der Waals surface area (Å²) >= 11 is 1.12. The molecule has 0 bridgehead atoms. The van der Waals surface area contributed by atoms with Crippen molar-refractivity contribution in [1.82, 2.24) is 4.98 Å². The van der Waals surface area contributed by atoms with Crippen molar-refractivity contribution in [2.24, 2.45) is 0 Å². The second-order valence-corrected chi connectivity index (χ2v) is 4.82. The zero-order valence-corrected chi connectivity index (χ0v) is 11.0. The lowest BCUT2D eigenvalue weighted by molar-refractivity contribution is 0.0696. The van der Waals surface area contributed by atoms with Crippen LogP contribution in [-0.4, -0.2) is 23.1 Å². The van der Waals surface area contributed by atoms with Crippen LogP contribution >= 0.6 is 11.3 Å². The predicted molar refractivity (Wildman–Crippen MR) is 72.3 cm³/mol. The summed E-state index contributed by atoms with van der Waals surface area (Å²) < 4.78 is 0. The first-order chi connectivity index (χ1) is 9.10. The topological polar surface area (TPSA) is 77.2 Å². The lowest BCUT2D eigenvalue weighted by Gasteiger charge is -2.17. The molecule has 0 unspecified atom stereocenters. The lowest BCUT2D eigenvalue weighted by Crippen LogP contribution is -2.16. The SMILES string of the molecule is CN(Cc1csc(C(=O)O)n1)c1ccc(C#N)cc1. The van der Waals surface area contributed by atoms with Gasteiger partial charge in [-0.05, 0) is 24.3 Å². The Labute approximate surface area is 114 Å². The molecule has 0 atom stereocenters. The molecule has 1 heterocycles. The van der Waals surface area contributed by atoms with Crippen LogP contribution in [0.15, 0.2) is 29.6 Å². The minimum atomic E-state index is -1.00. The van der Waals surface area contributed by atoms with E-state index in [0.29, 0.717) is 17.8 Å². The summed E-state index contributed by atoms with van der Waals surface area (Å²) in [5.41, 5.74) is 2.28. The molecule has 2 rings (SSSR count). The molecule has 6 heteroatoms. The normalized spacial score (nSPS) is 9.89. The third kappa shape index (κ3) is 3.09. The van der Waals surface area contributed by atoms with Gasteiger partial charge in [0.1, 0.15) is 0 Å². The Hall–Kier alpha value is -2.39. The molecule has 0 aliphatic heterocycles. The van der Waals surface area contributed by atoms with Crippen molar-refractivity contribution in [2.75, 3.05) is 11.9 Å². The fourth-order valence-electron chi connectivity index (χ4n) is 1.60. The quantitative estimate of drug-likeness (QED) is 0.925. The third-order valence-electron chi connectivity index (χ3n) is 2.57. The molecule has 19 heavy (non-hydrogen) atoms. The summed E-state index contributed by atoms with van der Waals surface area (Å²) in [5, 5.41) is 19.4. The number of nitrogens with zero attached hydrogens (tertiary/aromatic N) is 3. The molecule has 1 N–H and O–H groups in total. The van der Waals surface area contributed by atoms with Gasteiger partial charge in [-0.2, -0.15) is 5.26 Å². The van der Waals surface area contributed by atoms with Crippen LogP contribution in [0.25, 0.3) is 0 Å². The largest absolute Gasteiger partial charge is 0.476 e. The van der Waals surface area contributed by atoms with Gasteiger partial charge in [0.05, 0.1) is 23.9 Å². The summed E-state index contributed by atoms with van der Waals surface area (Å²) in [4.78, 5) is 16.7. The van der Waals surface area contributed by atoms with Crippen molar-refractivity contribution in [3.63, 3.8) is 0 Å². The van der Waals surface area contributed by atoms with E-state index >= 15 is 0 Å². The van der Waals surface area contributed by atoms with Crippen molar-refractivity contribution in [3.05, 3.63) is 45.9 Å². The Kier molecular flexibility index (Phi) is 3.78. The number of aromatic carboxylic acids is 1. The van der Waals surface area contributed by atoms with Crippen molar-refractivity contribution in [1.29, 1.82) is 5.26 Å². The number of benzene rings is 1. The van der Waals surface area contributed by atoms with Crippen molar-refractivity contribution in [3.8, 4) is 6.07 Å². The highest BCUT2D eigenvalue weighted by molar-refractivity contribution is 7.11. The smallest absolute Gasteiger partial charge is 0.365 e. The molecule has 0 spiro atoms. The maximum absolute atomic E-state index is 10.7. The fourth-order valence-corrected chi connectivity index (χ4v) is 2.25. The molecular weight excluding hydrogens is 262 g/mol. The molecule has 0 aliphatic carbocycles. The lowest BCUT2D eigenvalue weighted by atomic mass is 10.2. The first-order valence-corrected chi connectivity index (χ1v) is 6.37. The summed E-state index contributed by atoms with van der Waals surface area (Å²) in [5.74, 6) is -1.00. The number of carbonyl (C=O) groups is 1. The molecule has 0 radical (unpaired) electrons. The highest BCUT2D eigenvalue weighted by Gasteiger charge is 2.10. The number of hydrogen-bond donors (Lipinski definition) is 1. The number of carboxylic acid groups (broad SMARTS) is 1. The van der Waals surface area contributed by atoms with Crippen molar-refractivity contribution >= 4 is 23.0 Å². The van der Waals surface area contributed by atoms with Crippen molar-refractivity contribution < 1.29 is 9.90 Å². The highest BCUT2D eigenvalue weighted by atomic mass is 32.1. The first-order valence-electron chi connectivity index (χ1n) is 5.49. The van der Waals surface area contributed by atoms with Gasteiger partial charge in [-0.1, -0.05) is 0 Å². The van der Waals surface area contributed by atoms with E-state index in [2.05, 4.69) is 11.1 Å². The molecule has 1 aromatic heterocycles. The average Bonchev–Trinajstić information content (AvgIpc) is 2.87. The molecule has 96 valence electrons. The van der Waals surface area contributed by atoms with Crippen LogP contribution < -0.4 is 4.90 Å². The molecule has 0 saturated carbocycles. The number of nitriles is 1. The van der Waals surface area contributed by atoms with E-state index in [1.54, 1.807) is 17.5 Å². The molecule has 5 nitrogen and oxygen atoms in total. The summed E-state index contributed by atoms with van der Waals surface area (Å²) in [6.45, 7) is 0.523. The summed E-state index contributed by atoms with van der Waals surface area (Å²) in [7, 11) is 1.89. The Bertz CT molecular complexity index is 628. The average molecular weight is 273 g/mol. The molecule has 0 aliphatic rings. The van der Waals surface area contributed by atoms with Crippen LogP contribution in [0, 0.1) is 11.3 Å². The van der Waals surface area contributed by atoms with E-state index in [9.17, 15) is 4.79 Å². The number of thiazole rings is 1. The zero-order chi connectivity index (χ0) is 13.8. The minimum absolute atomic E-state index is 0.100. The van der Waals surface area contributed by atoms with E-state index in [-0.39, 0.29) is 5.01 Å². The number of aromatic nitrogens is 1. The maximum Gasteiger partial charge on any atom is 0.365 e. The van der Waals surface area contributed by atoms with E-state index in [4.69, 9.17) is 10.4 Å². The monoisotopic (exact) mass is 273 g/mol. The van der Waals surface area contributed by atoms with Gasteiger partial charge >= 0.3 is 5.97 Å². The van der Waals surface area contributed by atoms with Gasteiger partial charge in [0.2, 0.25) is 5.01 Å². The van der Waals surface area contributed by atoms with E-state index in [1.165, 1.54) is 0 Å². The van der Waals surface area contributed by atoms with Crippen LogP contribution in [0.1, 0.15) is 21.1 Å². The molecule has 2 aromatic rings. The van der Waals surface area contributed by atoms with Crippen LogP contribution in [0.3, 0.4) is 0 Å². The highest BCUT2D eigenvalue weighted by Crippen LogP contribution is 2.17. The molecule has 1 aromatic carbocycles. The van der Waals surface area contributed by atoms with Crippen LogP contribution in [0.4, 0.5) is 5.69 Å². The van der Waals surface area contributed by atoms with Gasteiger partial charge in [-0.25, -0.2) is 9.78 Å². The number of carboxylic acids is 1. The predicted octanol–water partition coefficient (Wildman–Crippen LogP) is 2.35. The van der Waals surface area contributed by atoms with Crippen LogP contribution in [0.2, 0.25) is 0 Å². The van der Waals surface area contributed by atoms with Gasteiger partial charge in [0, 0.05) is 18.1 Å². The third-order valence-corrected chi connectivity index (χ3v) is 3.45. The Balaban J connectivity index is 2.09. The molecular formula is C13H11N3O2S. The van der Waals surface area contributed by atoms with E-state index in [0.717, 1.165) is 17.0 Å². The summed E-state index contributed by atoms with van der Waals surface area (Å²) in [6.07, 6.45) is 0. The number of hydrogen-bond acceptors (Lipinski definition) is 5. The van der Waals surface area contributed by atoms with Crippen LogP contribution in [-0.2, 0) is 6.54 Å². The minimum Gasteiger partial charge on any atom is -0.476 e. The molecule has 0 amide bonds.